The van der Waals surface area contributed by atoms with Crippen molar-refractivity contribution >= 4 is 27.7 Å². The molecule has 0 radical (unpaired) electrons. The van der Waals surface area contributed by atoms with Crippen LogP contribution < -0.4 is 5.32 Å². The zero-order valence-corrected chi connectivity index (χ0v) is 11.3. The topological polar surface area (TPSA) is 42.0 Å². The van der Waals surface area contributed by atoms with E-state index >= 15 is 0 Å². The standard InChI is InChI=1S/C13H15BrN2O/c1-9-11(14)7-8-12(15-9)16-13(17)10-5-3-2-4-6-10/h2-3,7-8,10H,4-6H2,1H3,(H,15,16,17)/t10-/m0/s1. The summed E-state index contributed by atoms with van der Waals surface area (Å²) < 4.78 is 0.955. The molecule has 1 heterocycles. The highest BCUT2D eigenvalue weighted by Crippen LogP contribution is 2.21. The van der Waals surface area contributed by atoms with Gasteiger partial charge in [-0.2, -0.15) is 0 Å². The highest BCUT2D eigenvalue weighted by atomic mass is 79.9. The molecule has 1 aromatic heterocycles. The van der Waals surface area contributed by atoms with Crippen molar-refractivity contribution in [3.63, 3.8) is 0 Å². The Morgan fingerprint density at radius 3 is 2.94 bits per heavy atom. The van der Waals surface area contributed by atoms with Gasteiger partial charge in [0.2, 0.25) is 5.91 Å². The van der Waals surface area contributed by atoms with E-state index in [1.54, 1.807) is 0 Å². The molecule has 1 aliphatic rings. The van der Waals surface area contributed by atoms with Gasteiger partial charge in [-0.15, -0.1) is 0 Å². The number of pyridine rings is 1. The largest absolute Gasteiger partial charge is 0.310 e. The summed E-state index contributed by atoms with van der Waals surface area (Å²) in [6.07, 6.45) is 6.96. The fourth-order valence-corrected chi connectivity index (χ4v) is 2.09. The lowest BCUT2D eigenvalue weighted by Crippen LogP contribution is -2.24. The highest BCUT2D eigenvalue weighted by molar-refractivity contribution is 9.10. The number of nitrogens with one attached hydrogen (secondary N) is 1. The Balaban J connectivity index is 2.02. The summed E-state index contributed by atoms with van der Waals surface area (Å²) in [5.74, 6) is 0.791. The van der Waals surface area contributed by atoms with Crippen LogP contribution in [0.5, 0.6) is 0 Å². The van der Waals surface area contributed by atoms with Crippen LogP contribution >= 0.6 is 15.9 Å². The molecule has 0 unspecified atom stereocenters. The predicted octanol–water partition coefficient (Wildman–Crippen LogP) is 3.45. The van der Waals surface area contributed by atoms with E-state index in [2.05, 4.69) is 38.4 Å². The lowest BCUT2D eigenvalue weighted by Gasteiger charge is -2.17. The number of carbonyl (C=O) groups excluding carboxylic acids is 1. The normalized spacial score (nSPS) is 19.1. The van der Waals surface area contributed by atoms with Crippen molar-refractivity contribution < 1.29 is 4.79 Å². The molecule has 0 aromatic carbocycles. The van der Waals surface area contributed by atoms with Crippen molar-refractivity contribution in [2.75, 3.05) is 5.32 Å². The SMILES string of the molecule is Cc1nc(NC(=O)[C@H]2CC=CCC2)ccc1Br. The highest BCUT2D eigenvalue weighted by Gasteiger charge is 2.18. The molecular weight excluding hydrogens is 280 g/mol. The maximum absolute atomic E-state index is 12.0. The van der Waals surface area contributed by atoms with Gasteiger partial charge in [-0.25, -0.2) is 4.98 Å². The Labute approximate surface area is 109 Å². The summed E-state index contributed by atoms with van der Waals surface area (Å²) in [4.78, 5) is 16.3. The van der Waals surface area contributed by atoms with Gasteiger partial charge in [0.25, 0.3) is 0 Å². The Morgan fingerprint density at radius 2 is 2.29 bits per heavy atom. The molecular formula is C13H15BrN2O. The third-order valence-corrected chi connectivity index (χ3v) is 3.75. The zero-order valence-electron chi connectivity index (χ0n) is 9.74. The van der Waals surface area contributed by atoms with Crippen molar-refractivity contribution in [1.82, 2.24) is 4.98 Å². The zero-order chi connectivity index (χ0) is 12.3. The Bertz CT molecular complexity index is 457. The molecule has 3 nitrogen and oxygen atoms in total. The second kappa shape index (κ2) is 5.45. The molecule has 1 amide bonds. The number of anilines is 1. The van der Waals surface area contributed by atoms with Crippen LogP contribution in [-0.4, -0.2) is 10.9 Å². The summed E-state index contributed by atoms with van der Waals surface area (Å²) >= 11 is 3.39. The van der Waals surface area contributed by atoms with Crippen LogP contribution in [0, 0.1) is 12.8 Å². The number of aromatic nitrogens is 1. The number of carbonyl (C=O) groups is 1. The Hall–Kier alpha value is -1.16. The third kappa shape index (κ3) is 3.16. The quantitative estimate of drug-likeness (QED) is 0.849. The molecule has 1 atom stereocenters. The number of allylic oxidation sites excluding steroid dienone is 2. The van der Waals surface area contributed by atoms with Crippen LogP contribution in [0.15, 0.2) is 28.8 Å². The predicted molar refractivity (Wildman–Crippen MR) is 71.8 cm³/mol. The molecule has 90 valence electrons. The molecule has 0 fully saturated rings. The summed E-state index contributed by atoms with van der Waals surface area (Å²) in [7, 11) is 0. The molecule has 1 aromatic rings. The number of amides is 1. The van der Waals surface area contributed by atoms with Gasteiger partial charge in [-0.05, 0) is 54.2 Å². The van der Waals surface area contributed by atoms with Crippen LogP contribution in [0.1, 0.15) is 25.0 Å². The second-order valence-corrected chi connectivity index (χ2v) is 5.09. The minimum Gasteiger partial charge on any atom is -0.310 e. The number of hydrogen-bond acceptors (Lipinski definition) is 2. The first kappa shape index (κ1) is 12.3. The van der Waals surface area contributed by atoms with E-state index in [0.717, 1.165) is 29.4 Å². The molecule has 17 heavy (non-hydrogen) atoms. The van der Waals surface area contributed by atoms with Crippen LogP contribution in [0.25, 0.3) is 0 Å². The summed E-state index contributed by atoms with van der Waals surface area (Å²) in [6, 6.07) is 3.71. The van der Waals surface area contributed by atoms with Gasteiger partial charge in [0.15, 0.2) is 0 Å². The van der Waals surface area contributed by atoms with E-state index in [4.69, 9.17) is 0 Å². The fourth-order valence-electron chi connectivity index (χ4n) is 1.87. The first-order valence-corrected chi connectivity index (χ1v) is 6.55. The van der Waals surface area contributed by atoms with Gasteiger partial charge in [-0.1, -0.05) is 12.2 Å². The van der Waals surface area contributed by atoms with Gasteiger partial charge in [-0.3, -0.25) is 4.79 Å². The van der Waals surface area contributed by atoms with E-state index in [-0.39, 0.29) is 11.8 Å². The first-order chi connectivity index (χ1) is 8.16. The summed E-state index contributed by atoms with van der Waals surface area (Å²) in [6.45, 7) is 1.91. The van der Waals surface area contributed by atoms with Gasteiger partial charge in [0.05, 0.1) is 5.69 Å². The maximum atomic E-state index is 12.0. The van der Waals surface area contributed by atoms with Crippen molar-refractivity contribution in [2.24, 2.45) is 5.92 Å². The molecule has 0 saturated carbocycles. The monoisotopic (exact) mass is 294 g/mol. The van der Waals surface area contributed by atoms with Crippen molar-refractivity contribution in [3.8, 4) is 0 Å². The average molecular weight is 295 g/mol. The summed E-state index contributed by atoms with van der Waals surface area (Å²) in [5, 5.41) is 2.87. The molecule has 2 rings (SSSR count). The van der Waals surface area contributed by atoms with E-state index in [0.29, 0.717) is 5.82 Å². The number of hydrogen-bond donors (Lipinski definition) is 1. The van der Waals surface area contributed by atoms with Gasteiger partial charge < -0.3 is 5.32 Å². The average Bonchev–Trinajstić information content (AvgIpc) is 2.35. The first-order valence-electron chi connectivity index (χ1n) is 5.76. The fraction of sp³-hybridized carbons (Fsp3) is 0.385. The van der Waals surface area contributed by atoms with Crippen LogP contribution in [0.2, 0.25) is 0 Å². The molecule has 0 bridgehead atoms. The third-order valence-electron chi connectivity index (χ3n) is 2.91. The lowest BCUT2D eigenvalue weighted by atomic mass is 9.94. The number of rotatable bonds is 2. The van der Waals surface area contributed by atoms with Crippen LogP contribution in [0.3, 0.4) is 0 Å². The number of nitrogens with zero attached hydrogens (tertiary/aromatic N) is 1. The van der Waals surface area contributed by atoms with Crippen LogP contribution in [-0.2, 0) is 4.79 Å². The van der Waals surface area contributed by atoms with E-state index in [1.165, 1.54) is 0 Å². The van der Waals surface area contributed by atoms with E-state index in [9.17, 15) is 4.79 Å². The summed E-state index contributed by atoms with van der Waals surface area (Å²) in [5.41, 5.74) is 0.881. The van der Waals surface area contributed by atoms with Gasteiger partial charge >= 0.3 is 0 Å². The number of aryl methyl sites for hydroxylation is 1. The van der Waals surface area contributed by atoms with Crippen molar-refractivity contribution in [1.29, 1.82) is 0 Å². The van der Waals surface area contributed by atoms with E-state index < -0.39 is 0 Å². The molecule has 0 spiro atoms. The lowest BCUT2D eigenvalue weighted by molar-refractivity contribution is -0.120. The van der Waals surface area contributed by atoms with Gasteiger partial charge in [0, 0.05) is 10.4 Å². The minimum absolute atomic E-state index is 0.0728. The minimum atomic E-state index is 0.0728. The molecule has 1 aliphatic carbocycles. The molecule has 0 saturated heterocycles. The smallest absolute Gasteiger partial charge is 0.228 e. The molecule has 1 N–H and O–H groups in total. The number of halogens is 1. The van der Waals surface area contributed by atoms with Crippen molar-refractivity contribution in [2.45, 2.75) is 26.2 Å². The van der Waals surface area contributed by atoms with E-state index in [1.807, 2.05) is 19.1 Å². The second-order valence-electron chi connectivity index (χ2n) is 4.23. The van der Waals surface area contributed by atoms with Crippen molar-refractivity contribution in [3.05, 3.63) is 34.5 Å². The maximum Gasteiger partial charge on any atom is 0.228 e. The van der Waals surface area contributed by atoms with Crippen LogP contribution in [0.4, 0.5) is 5.82 Å². The molecule has 0 aliphatic heterocycles. The van der Waals surface area contributed by atoms with Gasteiger partial charge in [0.1, 0.15) is 5.82 Å². The Kier molecular flexibility index (Phi) is 3.94. The Morgan fingerprint density at radius 1 is 1.47 bits per heavy atom. The molecule has 4 heteroatoms.